The Hall–Kier alpha value is -3.41. The first-order chi connectivity index (χ1) is 13.8. The van der Waals surface area contributed by atoms with Crippen molar-refractivity contribution in [2.24, 2.45) is 0 Å². The Morgan fingerprint density at radius 3 is 2.69 bits per heavy atom. The normalized spacial score (nSPS) is 15.9. The van der Waals surface area contributed by atoms with E-state index in [1.807, 2.05) is 0 Å². The van der Waals surface area contributed by atoms with E-state index in [1.54, 1.807) is 31.4 Å². The van der Waals surface area contributed by atoms with Gasteiger partial charge in [0.25, 0.3) is 0 Å². The summed E-state index contributed by atoms with van der Waals surface area (Å²) in [7, 11) is 0. The quantitative estimate of drug-likeness (QED) is 0.707. The third-order valence-electron chi connectivity index (χ3n) is 4.64. The van der Waals surface area contributed by atoms with Crippen LogP contribution in [0.4, 0.5) is 4.39 Å². The molecule has 0 N–H and O–H groups in total. The molecule has 0 saturated heterocycles. The van der Waals surface area contributed by atoms with Crippen LogP contribution in [0.3, 0.4) is 0 Å². The maximum Gasteiger partial charge on any atom is 0.343 e. The molecule has 2 atom stereocenters. The predicted octanol–water partition coefficient (Wildman–Crippen LogP) is 2.44. The number of hydrogen-bond acceptors (Lipinski definition) is 7. The summed E-state index contributed by atoms with van der Waals surface area (Å²) in [6, 6.07) is 2.37. The third kappa shape index (κ3) is 3.31. The van der Waals surface area contributed by atoms with Gasteiger partial charge in [-0.05, 0) is 26.8 Å². The highest BCUT2D eigenvalue weighted by Crippen LogP contribution is 2.40. The maximum absolute atomic E-state index is 15.0. The van der Waals surface area contributed by atoms with Gasteiger partial charge in [-0.2, -0.15) is 5.26 Å². The molecule has 152 valence electrons. The number of benzene rings is 1. The number of carbonyl (C=O) groups excluding carboxylic acids is 2. The Labute approximate surface area is 165 Å². The molecule has 0 spiro atoms. The van der Waals surface area contributed by atoms with Crippen molar-refractivity contribution in [3.63, 3.8) is 0 Å². The molecule has 2 aromatic rings. The van der Waals surface area contributed by atoms with Crippen molar-refractivity contribution in [1.82, 2.24) is 4.57 Å². The number of aromatic nitrogens is 1. The van der Waals surface area contributed by atoms with E-state index in [0.29, 0.717) is 0 Å². The van der Waals surface area contributed by atoms with Gasteiger partial charge in [0.15, 0.2) is 11.7 Å². The van der Waals surface area contributed by atoms with Crippen LogP contribution in [-0.4, -0.2) is 36.3 Å². The van der Waals surface area contributed by atoms with Crippen LogP contribution in [0.1, 0.15) is 48.7 Å². The van der Waals surface area contributed by atoms with Crippen molar-refractivity contribution < 1.29 is 28.2 Å². The monoisotopic (exact) mass is 402 g/mol. The number of carbonyl (C=O) groups is 2. The van der Waals surface area contributed by atoms with E-state index in [0.717, 1.165) is 6.07 Å². The van der Waals surface area contributed by atoms with Crippen LogP contribution in [-0.2, 0) is 14.3 Å². The molecular weight excluding hydrogens is 383 g/mol. The fraction of sp³-hybridized carbons (Fsp3) is 0.400. The average molecular weight is 402 g/mol. The molecule has 0 aliphatic carbocycles. The van der Waals surface area contributed by atoms with Gasteiger partial charge in [0.1, 0.15) is 18.0 Å². The first-order valence-corrected chi connectivity index (χ1v) is 9.13. The Kier molecular flexibility index (Phi) is 5.55. The molecule has 8 nitrogen and oxygen atoms in total. The van der Waals surface area contributed by atoms with Crippen molar-refractivity contribution in [1.29, 1.82) is 5.26 Å². The first-order valence-electron chi connectivity index (χ1n) is 9.13. The smallest absolute Gasteiger partial charge is 0.343 e. The van der Waals surface area contributed by atoms with E-state index in [9.17, 15) is 19.6 Å². The summed E-state index contributed by atoms with van der Waals surface area (Å²) in [6.07, 6.45) is 1.34. The van der Waals surface area contributed by atoms with Crippen LogP contribution in [0.5, 0.6) is 5.75 Å². The number of rotatable bonds is 5. The number of nitriles is 1. The van der Waals surface area contributed by atoms with Gasteiger partial charge in [-0.1, -0.05) is 0 Å². The van der Waals surface area contributed by atoms with Crippen LogP contribution in [0, 0.1) is 17.1 Å². The van der Waals surface area contributed by atoms with E-state index in [2.05, 4.69) is 0 Å². The van der Waals surface area contributed by atoms with Gasteiger partial charge in [0, 0.05) is 6.20 Å². The van der Waals surface area contributed by atoms with Gasteiger partial charge in [0.05, 0.1) is 41.8 Å². The summed E-state index contributed by atoms with van der Waals surface area (Å²) in [4.78, 5) is 37.2. The first kappa shape index (κ1) is 20.3. The summed E-state index contributed by atoms with van der Waals surface area (Å²) in [5, 5.41) is 9.36. The van der Waals surface area contributed by atoms with Crippen molar-refractivity contribution in [3.8, 4) is 11.8 Å². The number of hydrogen-bond donors (Lipinski definition) is 0. The van der Waals surface area contributed by atoms with Crippen LogP contribution in [0.25, 0.3) is 10.9 Å². The highest BCUT2D eigenvalue weighted by molar-refractivity contribution is 5.97. The third-order valence-corrected chi connectivity index (χ3v) is 4.64. The molecule has 1 unspecified atom stereocenters. The van der Waals surface area contributed by atoms with Gasteiger partial charge in [-0.3, -0.25) is 9.59 Å². The van der Waals surface area contributed by atoms with E-state index < -0.39 is 29.1 Å². The van der Waals surface area contributed by atoms with Crippen LogP contribution in [0.15, 0.2) is 17.1 Å². The van der Waals surface area contributed by atoms with Crippen LogP contribution in [0.2, 0.25) is 0 Å². The van der Waals surface area contributed by atoms with Crippen molar-refractivity contribution in [2.45, 2.75) is 32.7 Å². The largest absolute Gasteiger partial charge is 0.489 e. The molecule has 2 heterocycles. The lowest BCUT2D eigenvalue weighted by Crippen LogP contribution is -2.29. The summed E-state index contributed by atoms with van der Waals surface area (Å²) in [6.45, 7) is 5.16. The molecule has 0 fully saturated rings. The summed E-state index contributed by atoms with van der Waals surface area (Å²) in [5.41, 5.74) is -1.03. The molecule has 1 aromatic heterocycles. The van der Waals surface area contributed by atoms with Gasteiger partial charge in [0.2, 0.25) is 5.43 Å². The van der Waals surface area contributed by atoms with E-state index in [-0.39, 0.29) is 53.6 Å². The summed E-state index contributed by atoms with van der Waals surface area (Å²) < 4.78 is 32.1. The van der Waals surface area contributed by atoms with Gasteiger partial charge in [-0.25, -0.2) is 9.18 Å². The number of ether oxygens (including phenoxy) is 3. The second-order valence-electron chi connectivity index (χ2n) is 6.47. The van der Waals surface area contributed by atoms with E-state index in [4.69, 9.17) is 14.2 Å². The fourth-order valence-corrected chi connectivity index (χ4v) is 3.33. The van der Waals surface area contributed by atoms with Crippen molar-refractivity contribution in [2.75, 3.05) is 19.8 Å². The molecule has 9 heteroatoms. The number of esters is 2. The Balaban J connectivity index is 2.36. The molecule has 0 bridgehead atoms. The molecule has 1 aliphatic heterocycles. The second-order valence-corrected chi connectivity index (χ2v) is 6.47. The Morgan fingerprint density at radius 2 is 2.07 bits per heavy atom. The zero-order valence-corrected chi connectivity index (χ0v) is 16.2. The molecule has 1 aromatic carbocycles. The van der Waals surface area contributed by atoms with Crippen molar-refractivity contribution >= 4 is 22.8 Å². The minimum absolute atomic E-state index is 0.0209. The SMILES string of the molecule is CCOC(=O)c1cn2c3c(c(C(C#N)C(=O)OCC)c(F)cc3c1=O)OC[C@@H]2C. The highest BCUT2D eigenvalue weighted by atomic mass is 19.1. The van der Waals surface area contributed by atoms with Crippen LogP contribution >= 0.6 is 0 Å². The Bertz CT molecular complexity index is 1100. The predicted molar refractivity (Wildman–Crippen MR) is 99.3 cm³/mol. The molecule has 0 radical (unpaired) electrons. The van der Waals surface area contributed by atoms with E-state index >= 15 is 4.39 Å². The lowest BCUT2D eigenvalue weighted by atomic mass is 9.95. The second kappa shape index (κ2) is 7.91. The topological polar surface area (TPSA) is 108 Å². The minimum atomic E-state index is -1.56. The zero-order valence-electron chi connectivity index (χ0n) is 16.2. The van der Waals surface area contributed by atoms with Crippen LogP contribution < -0.4 is 10.2 Å². The Morgan fingerprint density at radius 1 is 1.38 bits per heavy atom. The van der Waals surface area contributed by atoms with Crippen molar-refractivity contribution in [3.05, 3.63) is 39.4 Å². The molecule has 0 saturated carbocycles. The fourth-order valence-electron chi connectivity index (χ4n) is 3.33. The molecular formula is C20H19FN2O6. The molecule has 29 heavy (non-hydrogen) atoms. The summed E-state index contributed by atoms with van der Waals surface area (Å²) >= 11 is 0. The minimum Gasteiger partial charge on any atom is -0.489 e. The highest BCUT2D eigenvalue weighted by Gasteiger charge is 2.34. The zero-order chi connectivity index (χ0) is 21.3. The van der Waals surface area contributed by atoms with E-state index in [1.165, 1.54) is 6.20 Å². The molecule has 0 amide bonds. The molecule has 3 rings (SSSR count). The number of pyridine rings is 1. The van der Waals surface area contributed by atoms with Gasteiger partial charge in [-0.15, -0.1) is 0 Å². The summed E-state index contributed by atoms with van der Waals surface area (Å²) in [5.74, 6) is -4.33. The number of halogens is 1. The van der Waals surface area contributed by atoms with Gasteiger partial charge < -0.3 is 18.8 Å². The average Bonchev–Trinajstić information content (AvgIpc) is 2.68. The maximum atomic E-state index is 15.0. The number of nitrogens with zero attached hydrogens (tertiary/aromatic N) is 2. The lowest BCUT2D eigenvalue weighted by Gasteiger charge is -2.29. The lowest BCUT2D eigenvalue weighted by molar-refractivity contribution is -0.143. The van der Waals surface area contributed by atoms with Gasteiger partial charge >= 0.3 is 11.9 Å². The standard InChI is InChI=1S/C20H19FN2O6/c1-4-27-19(25)12(7-22)15-14(21)6-11-16-18(15)29-9-10(3)23(16)8-13(17(11)24)20(26)28-5-2/h6,8,10,12H,4-5,9H2,1-3H3/t10-,12?/m0/s1. The molecule has 1 aliphatic rings.